The van der Waals surface area contributed by atoms with Crippen LogP contribution in [-0.4, -0.2) is 24.1 Å². The van der Waals surface area contributed by atoms with Crippen LogP contribution in [-0.2, 0) is 4.79 Å². The lowest BCUT2D eigenvalue weighted by Crippen LogP contribution is -2.33. The van der Waals surface area contributed by atoms with Gasteiger partial charge in [-0.05, 0) is 46.8 Å². The zero-order valence-electron chi connectivity index (χ0n) is 11.5. The molecule has 108 valence electrons. The summed E-state index contributed by atoms with van der Waals surface area (Å²) in [5, 5.41) is 12.5. The highest BCUT2D eigenvalue weighted by atomic mass is 79.9. The van der Waals surface area contributed by atoms with Gasteiger partial charge in [-0.2, -0.15) is 0 Å². The number of amides is 1. The summed E-state index contributed by atoms with van der Waals surface area (Å²) in [7, 11) is 0. The van der Waals surface area contributed by atoms with Crippen LogP contribution in [0.1, 0.15) is 37.9 Å². The Hall–Kier alpha value is -1.07. The average molecular weight is 339 g/mol. The van der Waals surface area contributed by atoms with Crippen molar-refractivity contribution < 1.29 is 9.90 Å². The summed E-state index contributed by atoms with van der Waals surface area (Å²) in [5.74, 6) is 0.495. The second-order valence-corrected chi connectivity index (χ2v) is 6.48. The number of hydrogen-bond acceptors (Lipinski definition) is 3. The zero-order chi connectivity index (χ0) is 14.3. The third kappa shape index (κ3) is 2.33. The van der Waals surface area contributed by atoms with E-state index in [-0.39, 0.29) is 5.91 Å². The van der Waals surface area contributed by atoms with Crippen molar-refractivity contribution in [1.29, 1.82) is 0 Å². The van der Waals surface area contributed by atoms with E-state index in [1.165, 1.54) is 19.3 Å². The van der Waals surface area contributed by atoms with Gasteiger partial charge in [-0.3, -0.25) is 4.79 Å². The average Bonchev–Trinajstić information content (AvgIpc) is 2.74. The normalized spacial score (nSPS) is 22.9. The van der Waals surface area contributed by atoms with Crippen molar-refractivity contribution in [3.8, 4) is 0 Å². The van der Waals surface area contributed by atoms with E-state index < -0.39 is 6.10 Å². The first-order chi connectivity index (χ1) is 9.60. The first kappa shape index (κ1) is 13.9. The molecule has 0 aromatic heterocycles. The van der Waals surface area contributed by atoms with E-state index in [0.717, 1.165) is 34.9 Å². The van der Waals surface area contributed by atoms with Crippen molar-refractivity contribution in [2.75, 3.05) is 23.3 Å². The van der Waals surface area contributed by atoms with Crippen molar-refractivity contribution in [3.05, 3.63) is 22.2 Å². The predicted octanol–water partition coefficient (Wildman–Crippen LogP) is 3.06. The molecular formula is C15H19BrN2O2. The second-order valence-electron chi connectivity index (χ2n) is 5.62. The number of benzene rings is 1. The SMILES string of the molecule is CCC1CCN(c2cc3c(cc2Br)C(O)C(=O)N3)CC1. The van der Waals surface area contributed by atoms with Crippen LogP contribution in [0.25, 0.3) is 0 Å². The lowest BCUT2D eigenvalue weighted by molar-refractivity contribution is -0.123. The number of halogens is 1. The summed E-state index contributed by atoms with van der Waals surface area (Å²) in [6.07, 6.45) is 2.65. The van der Waals surface area contributed by atoms with Gasteiger partial charge in [0.1, 0.15) is 0 Å². The molecular weight excluding hydrogens is 320 g/mol. The maximum Gasteiger partial charge on any atom is 0.257 e. The van der Waals surface area contributed by atoms with Crippen LogP contribution in [0.5, 0.6) is 0 Å². The van der Waals surface area contributed by atoms with Gasteiger partial charge in [0, 0.05) is 28.8 Å². The lowest BCUT2D eigenvalue weighted by Gasteiger charge is -2.34. The number of hydrogen-bond donors (Lipinski definition) is 2. The summed E-state index contributed by atoms with van der Waals surface area (Å²) in [6, 6.07) is 3.83. The summed E-state index contributed by atoms with van der Waals surface area (Å²) in [6.45, 7) is 4.35. The molecule has 2 N–H and O–H groups in total. The van der Waals surface area contributed by atoms with E-state index in [0.29, 0.717) is 5.56 Å². The van der Waals surface area contributed by atoms with Crippen molar-refractivity contribution >= 4 is 33.2 Å². The van der Waals surface area contributed by atoms with Crippen LogP contribution >= 0.6 is 15.9 Å². The van der Waals surface area contributed by atoms with Crippen molar-refractivity contribution in [2.45, 2.75) is 32.3 Å². The van der Waals surface area contributed by atoms with E-state index in [9.17, 15) is 9.90 Å². The molecule has 3 rings (SSSR count). The second kappa shape index (κ2) is 5.37. The van der Waals surface area contributed by atoms with Gasteiger partial charge in [0.25, 0.3) is 5.91 Å². The largest absolute Gasteiger partial charge is 0.378 e. The molecule has 2 aliphatic rings. The molecule has 20 heavy (non-hydrogen) atoms. The maximum absolute atomic E-state index is 11.5. The number of rotatable bonds is 2. The molecule has 5 heteroatoms. The molecule has 2 heterocycles. The molecule has 0 bridgehead atoms. The molecule has 2 aliphatic heterocycles. The molecule has 0 radical (unpaired) electrons. The Morgan fingerprint density at radius 1 is 1.40 bits per heavy atom. The molecule has 0 aliphatic carbocycles. The van der Waals surface area contributed by atoms with Crippen molar-refractivity contribution in [1.82, 2.24) is 0 Å². The molecule has 0 spiro atoms. The Morgan fingerprint density at radius 2 is 2.10 bits per heavy atom. The minimum atomic E-state index is -1.04. The topological polar surface area (TPSA) is 52.6 Å². The Morgan fingerprint density at radius 3 is 2.75 bits per heavy atom. The third-order valence-electron chi connectivity index (χ3n) is 4.45. The highest BCUT2D eigenvalue weighted by molar-refractivity contribution is 9.10. The lowest BCUT2D eigenvalue weighted by atomic mass is 9.94. The van der Waals surface area contributed by atoms with Crippen LogP contribution in [0, 0.1) is 5.92 Å². The number of fused-ring (bicyclic) bond motifs is 1. The Balaban J connectivity index is 1.85. The van der Waals surface area contributed by atoms with Gasteiger partial charge < -0.3 is 15.3 Å². The third-order valence-corrected chi connectivity index (χ3v) is 5.09. The van der Waals surface area contributed by atoms with Crippen LogP contribution in [0.3, 0.4) is 0 Å². The van der Waals surface area contributed by atoms with Crippen LogP contribution in [0.4, 0.5) is 11.4 Å². The van der Waals surface area contributed by atoms with E-state index in [2.05, 4.69) is 33.1 Å². The minimum absolute atomic E-state index is 0.339. The molecule has 1 unspecified atom stereocenters. The number of aliphatic hydroxyl groups excluding tert-OH is 1. The van der Waals surface area contributed by atoms with Crippen LogP contribution < -0.4 is 10.2 Å². The van der Waals surface area contributed by atoms with Gasteiger partial charge in [0.05, 0.1) is 5.69 Å². The summed E-state index contributed by atoms with van der Waals surface area (Å²) in [5.41, 5.74) is 2.50. The molecule has 1 saturated heterocycles. The number of carbonyl (C=O) groups excluding carboxylic acids is 1. The number of nitrogens with one attached hydrogen (secondary N) is 1. The number of piperidine rings is 1. The maximum atomic E-state index is 11.5. The molecule has 1 aromatic rings. The van der Waals surface area contributed by atoms with Crippen LogP contribution in [0.15, 0.2) is 16.6 Å². The van der Waals surface area contributed by atoms with Gasteiger partial charge >= 0.3 is 0 Å². The Bertz CT molecular complexity index is 539. The number of nitrogens with zero attached hydrogens (tertiary/aromatic N) is 1. The van der Waals surface area contributed by atoms with Crippen molar-refractivity contribution in [2.24, 2.45) is 5.92 Å². The fourth-order valence-electron chi connectivity index (χ4n) is 3.08. The first-order valence-electron chi connectivity index (χ1n) is 7.17. The van der Waals surface area contributed by atoms with Gasteiger partial charge in [-0.1, -0.05) is 13.3 Å². The predicted molar refractivity (Wildman–Crippen MR) is 83.0 cm³/mol. The van der Waals surface area contributed by atoms with E-state index in [4.69, 9.17) is 0 Å². The highest BCUT2D eigenvalue weighted by Gasteiger charge is 2.30. The molecule has 1 atom stereocenters. The standard InChI is InChI=1S/C15H19BrN2O2/c1-2-9-3-5-18(6-4-9)13-8-12-10(7-11(13)16)14(19)15(20)17-12/h7-9,14,19H,2-6H2,1H3,(H,17,20). The Kier molecular flexibility index (Phi) is 3.73. The number of carbonyl (C=O) groups is 1. The summed E-state index contributed by atoms with van der Waals surface area (Å²) < 4.78 is 0.946. The van der Waals surface area contributed by atoms with E-state index in [1.54, 1.807) is 0 Å². The fourth-order valence-corrected chi connectivity index (χ4v) is 3.69. The first-order valence-corrected chi connectivity index (χ1v) is 7.96. The zero-order valence-corrected chi connectivity index (χ0v) is 13.1. The van der Waals surface area contributed by atoms with E-state index in [1.807, 2.05) is 12.1 Å². The number of aliphatic hydroxyl groups is 1. The summed E-state index contributed by atoms with van der Waals surface area (Å²) >= 11 is 3.57. The fraction of sp³-hybridized carbons (Fsp3) is 0.533. The minimum Gasteiger partial charge on any atom is -0.378 e. The van der Waals surface area contributed by atoms with E-state index >= 15 is 0 Å². The highest BCUT2D eigenvalue weighted by Crippen LogP contribution is 2.40. The monoisotopic (exact) mass is 338 g/mol. The number of anilines is 2. The molecule has 0 saturated carbocycles. The summed E-state index contributed by atoms with van der Waals surface area (Å²) in [4.78, 5) is 13.9. The molecule has 4 nitrogen and oxygen atoms in total. The van der Waals surface area contributed by atoms with Gasteiger partial charge in [-0.25, -0.2) is 0 Å². The smallest absolute Gasteiger partial charge is 0.257 e. The quantitative estimate of drug-likeness (QED) is 0.871. The molecule has 1 fully saturated rings. The van der Waals surface area contributed by atoms with Gasteiger partial charge in [0.2, 0.25) is 0 Å². The Labute approximate surface area is 127 Å². The molecule has 1 amide bonds. The van der Waals surface area contributed by atoms with Crippen LogP contribution in [0.2, 0.25) is 0 Å². The van der Waals surface area contributed by atoms with Gasteiger partial charge in [0.15, 0.2) is 6.10 Å². The molecule has 1 aromatic carbocycles. The van der Waals surface area contributed by atoms with Crippen molar-refractivity contribution in [3.63, 3.8) is 0 Å². The van der Waals surface area contributed by atoms with Gasteiger partial charge in [-0.15, -0.1) is 0 Å².